The molecular formula is C21H20N6O2. The number of H-pyrrole nitrogens is 1. The Morgan fingerprint density at radius 1 is 1.03 bits per heavy atom. The van der Waals surface area contributed by atoms with E-state index in [4.69, 9.17) is 4.74 Å². The van der Waals surface area contributed by atoms with Gasteiger partial charge in [-0.05, 0) is 37.3 Å². The van der Waals surface area contributed by atoms with Gasteiger partial charge in [0.25, 0.3) is 5.56 Å². The Morgan fingerprint density at radius 2 is 1.86 bits per heavy atom. The number of nitrogens with one attached hydrogen (secondary N) is 2. The number of hydrogen-bond donors (Lipinski definition) is 2. The molecule has 2 aromatic heterocycles. The number of ether oxygens (including phenoxy) is 1. The van der Waals surface area contributed by atoms with Gasteiger partial charge in [-0.3, -0.25) is 10.1 Å². The number of morpholine rings is 1. The van der Waals surface area contributed by atoms with Crippen LogP contribution in [0.1, 0.15) is 5.69 Å². The van der Waals surface area contributed by atoms with Gasteiger partial charge in [0.2, 0.25) is 11.9 Å². The second-order valence-electron chi connectivity index (χ2n) is 6.99. The number of aromatic amines is 1. The maximum atomic E-state index is 12.3. The summed E-state index contributed by atoms with van der Waals surface area (Å²) in [6, 6.07) is 13.5. The summed E-state index contributed by atoms with van der Waals surface area (Å²) in [6.45, 7) is 5.13. The van der Waals surface area contributed by atoms with Gasteiger partial charge < -0.3 is 14.6 Å². The molecule has 1 aliphatic rings. The van der Waals surface area contributed by atoms with Gasteiger partial charge in [0.15, 0.2) is 0 Å². The van der Waals surface area contributed by atoms with E-state index in [0.717, 1.165) is 48.6 Å². The molecule has 0 amide bonds. The third kappa shape index (κ3) is 3.38. The normalized spacial score (nSPS) is 14.4. The fourth-order valence-electron chi connectivity index (χ4n) is 3.61. The SMILES string of the molecule is Cc1nc(Nc2nc(=O)c3ccccc3[nH]2)nc2cc(N3CCOCC3)ccc12. The molecule has 1 aliphatic heterocycles. The smallest absolute Gasteiger partial charge is 0.282 e. The Morgan fingerprint density at radius 3 is 2.72 bits per heavy atom. The van der Waals surface area contributed by atoms with Crippen LogP contribution in [-0.2, 0) is 4.74 Å². The van der Waals surface area contributed by atoms with E-state index in [9.17, 15) is 4.79 Å². The van der Waals surface area contributed by atoms with Gasteiger partial charge in [-0.1, -0.05) is 12.1 Å². The molecule has 2 aromatic carbocycles. The van der Waals surface area contributed by atoms with Crippen LogP contribution in [0.3, 0.4) is 0 Å². The monoisotopic (exact) mass is 388 g/mol. The molecule has 0 saturated carbocycles. The van der Waals surface area contributed by atoms with E-state index in [1.807, 2.05) is 25.1 Å². The molecule has 0 aliphatic carbocycles. The maximum Gasteiger partial charge on any atom is 0.282 e. The first kappa shape index (κ1) is 17.6. The molecule has 4 aromatic rings. The first-order valence-electron chi connectivity index (χ1n) is 9.54. The average molecular weight is 388 g/mol. The molecule has 1 fully saturated rings. The Hall–Kier alpha value is -3.52. The molecule has 0 bridgehead atoms. The highest BCUT2D eigenvalue weighted by Gasteiger charge is 2.13. The van der Waals surface area contributed by atoms with Crippen molar-refractivity contribution in [2.75, 3.05) is 36.5 Å². The van der Waals surface area contributed by atoms with Gasteiger partial charge in [-0.2, -0.15) is 4.98 Å². The van der Waals surface area contributed by atoms with Crippen molar-refractivity contribution < 1.29 is 4.74 Å². The molecule has 0 spiro atoms. The highest BCUT2D eigenvalue weighted by molar-refractivity contribution is 5.85. The summed E-state index contributed by atoms with van der Waals surface area (Å²) < 4.78 is 5.44. The number of anilines is 3. The average Bonchev–Trinajstić information content (AvgIpc) is 2.74. The number of para-hydroxylation sites is 1. The summed E-state index contributed by atoms with van der Waals surface area (Å²) in [6.07, 6.45) is 0. The zero-order chi connectivity index (χ0) is 19.8. The van der Waals surface area contributed by atoms with Crippen LogP contribution in [-0.4, -0.2) is 46.2 Å². The van der Waals surface area contributed by atoms with E-state index in [2.05, 4.69) is 48.4 Å². The van der Waals surface area contributed by atoms with Gasteiger partial charge >= 0.3 is 0 Å². The van der Waals surface area contributed by atoms with E-state index in [1.165, 1.54) is 0 Å². The molecule has 2 N–H and O–H groups in total. The van der Waals surface area contributed by atoms with Gasteiger partial charge in [0, 0.05) is 24.2 Å². The molecular weight excluding hydrogens is 368 g/mol. The zero-order valence-electron chi connectivity index (χ0n) is 16.0. The van der Waals surface area contributed by atoms with E-state index in [1.54, 1.807) is 6.07 Å². The quantitative estimate of drug-likeness (QED) is 0.557. The highest BCUT2D eigenvalue weighted by Crippen LogP contribution is 2.25. The number of hydrogen-bond acceptors (Lipinski definition) is 7. The molecule has 1 saturated heterocycles. The number of nitrogens with zero attached hydrogens (tertiary/aromatic N) is 4. The lowest BCUT2D eigenvalue weighted by Crippen LogP contribution is -2.36. The van der Waals surface area contributed by atoms with E-state index in [0.29, 0.717) is 22.8 Å². The predicted octanol–water partition coefficient (Wildman–Crippen LogP) is 2.75. The Bertz CT molecular complexity index is 1260. The molecule has 8 heteroatoms. The molecule has 146 valence electrons. The molecule has 0 atom stereocenters. The molecule has 8 nitrogen and oxygen atoms in total. The Balaban J connectivity index is 1.52. The van der Waals surface area contributed by atoms with Crippen molar-refractivity contribution in [2.24, 2.45) is 0 Å². The minimum atomic E-state index is -0.297. The van der Waals surface area contributed by atoms with Crippen LogP contribution in [0.15, 0.2) is 47.3 Å². The van der Waals surface area contributed by atoms with Crippen molar-refractivity contribution in [2.45, 2.75) is 6.92 Å². The van der Waals surface area contributed by atoms with Crippen LogP contribution < -0.4 is 15.8 Å². The first-order chi connectivity index (χ1) is 14.2. The topological polar surface area (TPSA) is 96.0 Å². The largest absolute Gasteiger partial charge is 0.378 e. The summed E-state index contributed by atoms with van der Waals surface area (Å²) in [5.41, 5.74) is 3.22. The zero-order valence-corrected chi connectivity index (χ0v) is 16.0. The fraction of sp³-hybridized carbons (Fsp3) is 0.238. The lowest BCUT2D eigenvalue weighted by molar-refractivity contribution is 0.122. The predicted molar refractivity (Wildman–Crippen MR) is 113 cm³/mol. The van der Waals surface area contributed by atoms with Crippen LogP contribution in [0.4, 0.5) is 17.6 Å². The summed E-state index contributed by atoms with van der Waals surface area (Å²) in [4.78, 5) is 30.9. The summed E-state index contributed by atoms with van der Waals surface area (Å²) in [5.74, 6) is 0.712. The van der Waals surface area contributed by atoms with E-state index >= 15 is 0 Å². The fourth-order valence-corrected chi connectivity index (χ4v) is 3.61. The van der Waals surface area contributed by atoms with Crippen molar-refractivity contribution >= 4 is 39.4 Å². The molecule has 29 heavy (non-hydrogen) atoms. The second-order valence-corrected chi connectivity index (χ2v) is 6.99. The van der Waals surface area contributed by atoms with Crippen LogP contribution in [0.5, 0.6) is 0 Å². The van der Waals surface area contributed by atoms with Crippen molar-refractivity contribution in [1.82, 2.24) is 19.9 Å². The van der Waals surface area contributed by atoms with Crippen molar-refractivity contribution in [1.29, 1.82) is 0 Å². The van der Waals surface area contributed by atoms with Gasteiger partial charge in [-0.15, -0.1) is 0 Å². The Labute approximate surface area is 166 Å². The molecule has 5 rings (SSSR count). The number of aryl methyl sites for hydroxylation is 1. The van der Waals surface area contributed by atoms with Crippen LogP contribution >= 0.6 is 0 Å². The van der Waals surface area contributed by atoms with Crippen LogP contribution in [0, 0.1) is 6.92 Å². The van der Waals surface area contributed by atoms with Gasteiger partial charge in [0.05, 0.1) is 35.3 Å². The lowest BCUT2D eigenvalue weighted by Gasteiger charge is -2.29. The lowest BCUT2D eigenvalue weighted by atomic mass is 10.1. The third-order valence-electron chi connectivity index (χ3n) is 5.10. The maximum absolute atomic E-state index is 12.3. The van der Waals surface area contributed by atoms with Crippen LogP contribution in [0.25, 0.3) is 21.8 Å². The second kappa shape index (κ2) is 7.14. The van der Waals surface area contributed by atoms with Crippen LogP contribution in [0.2, 0.25) is 0 Å². The van der Waals surface area contributed by atoms with E-state index in [-0.39, 0.29) is 5.56 Å². The van der Waals surface area contributed by atoms with Crippen molar-refractivity contribution in [3.63, 3.8) is 0 Å². The minimum Gasteiger partial charge on any atom is -0.378 e. The molecule has 0 radical (unpaired) electrons. The van der Waals surface area contributed by atoms with E-state index < -0.39 is 0 Å². The standard InChI is InChI=1S/C21H20N6O2/c1-13-15-7-6-14(27-8-10-29-11-9-27)12-18(15)24-20(22-13)26-21-23-17-5-3-2-4-16(17)19(28)25-21/h2-7,12H,8-11H2,1H3,(H2,22,23,24,25,26,28). The van der Waals surface area contributed by atoms with Gasteiger partial charge in [-0.25, -0.2) is 9.97 Å². The molecule has 3 heterocycles. The summed E-state index contributed by atoms with van der Waals surface area (Å²) >= 11 is 0. The Kier molecular flexibility index (Phi) is 4.33. The highest BCUT2D eigenvalue weighted by atomic mass is 16.5. The van der Waals surface area contributed by atoms with Gasteiger partial charge in [0.1, 0.15) is 0 Å². The first-order valence-corrected chi connectivity index (χ1v) is 9.54. The molecule has 0 unspecified atom stereocenters. The summed E-state index contributed by atoms with van der Waals surface area (Å²) in [5, 5.41) is 4.58. The number of benzene rings is 2. The minimum absolute atomic E-state index is 0.297. The third-order valence-corrected chi connectivity index (χ3v) is 5.10. The number of fused-ring (bicyclic) bond motifs is 2. The van der Waals surface area contributed by atoms with Crippen molar-refractivity contribution in [3.8, 4) is 0 Å². The van der Waals surface area contributed by atoms with Crippen molar-refractivity contribution in [3.05, 3.63) is 58.5 Å². The number of aromatic nitrogens is 4. The summed E-state index contributed by atoms with van der Waals surface area (Å²) in [7, 11) is 0. The number of rotatable bonds is 3.